The fourth-order valence-corrected chi connectivity index (χ4v) is 0.823. The third-order valence-corrected chi connectivity index (χ3v) is 1.33. The molecule has 1 heterocycles. The van der Waals surface area contributed by atoms with Gasteiger partial charge in [-0.05, 0) is 0 Å². The van der Waals surface area contributed by atoms with Gasteiger partial charge in [-0.1, -0.05) is 0 Å². The van der Waals surface area contributed by atoms with Gasteiger partial charge >= 0.3 is 0 Å². The van der Waals surface area contributed by atoms with Crippen LogP contribution in [0.15, 0.2) is 0 Å². The molecule has 0 unspecified atom stereocenters. The molecule has 0 amide bonds. The predicted octanol–water partition coefficient (Wildman–Crippen LogP) is -0.576. The predicted molar refractivity (Wildman–Crippen MR) is 27.5 cm³/mol. The van der Waals surface area contributed by atoms with E-state index in [-0.39, 0.29) is 13.0 Å². The molecule has 0 aromatic heterocycles. The van der Waals surface area contributed by atoms with Crippen LogP contribution in [0.25, 0.3) is 0 Å². The second-order valence-electron chi connectivity index (χ2n) is 2.08. The lowest BCUT2D eigenvalue weighted by molar-refractivity contribution is -0.119. The van der Waals surface area contributed by atoms with Crippen LogP contribution in [-0.4, -0.2) is 35.4 Å². The Morgan fingerprint density at radius 1 is 1.67 bits per heavy atom. The van der Waals surface area contributed by atoms with Crippen molar-refractivity contribution in [3.05, 3.63) is 0 Å². The zero-order valence-electron chi connectivity index (χ0n) is 4.83. The molecule has 0 aliphatic carbocycles. The molecule has 3 nitrogen and oxygen atoms in total. The Morgan fingerprint density at radius 2 is 2.33 bits per heavy atom. The molecule has 2 N–H and O–H groups in total. The van der Waals surface area contributed by atoms with Crippen molar-refractivity contribution in [2.75, 3.05) is 6.61 Å². The second kappa shape index (κ2) is 2.60. The fourth-order valence-electron chi connectivity index (χ4n) is 0.823. The summed E-state index contributed by atoms with van der Waals surface area (Å²) in [6.07, 6.45) is -3.09. The first-order chi connectivity index (χ1) is 4.24. The standard InChI is InChI=1S/C5H9FO3/c6-4-1-3(2-7)9-5(4)8/h3-5,7-8H,1-2H2/t3-,4-,5-/m0/s1. The fraction of sp³-hybridized carbons (Fsp3) is 1.00. The summed E-state index contributed by atoms with van der Waals surface area (Å²) in [5.41, 5.74) is 0. The van der Waals surface area contributed by atoms with Gasteiger partial charge in [-0.3, -0.25) is 0 Å². The summed E-state index contributed by atoms with van der Waals surface area (Å²) >= 11 is 0. The molecule has 0 saturated carbocycles. The molecular formula is C5H9FO3. The average molecular weight is 136 g/mol. The number of hydrogen-bond acceptors (Lipinski definition) is 3. The Kier molecular flexibility index (Phi) is 2.00. The quantitative estimate of drug-likeness (QED) is 0.507. The van der Waals surface area contributed by atoms with Crippen molar-refractivity contribution in [3.8, 4) is 0 Å². The van der Waals surface area contributed by atoms with E-state index in [1.54, 1.807) is 0 Å². The highest BCUT2D eigenvalue weighted by atomic mass is 19.1. The Balaban J connectivity index is 2.35. The first-order valence-corrected chi connectivity index (χ1v) is 2.82. The van der Waals surface area contributed by atoms with Crippen molar-refractivity contribution in [2.24, 2.45) is 0 Å². The van der Waals surface area contributed by atoms with Gasteiger partial charge in [0.25, 0.3) is 0 Å². The molecule has 1 saturated heterocycles. The zero-order chi connectivity index (χ0) is 6.85. The summed E-state index contributed by atoms with van der Waals surface area (Å²) in [4.78, 5) is 0. The van der Waals surface area contributed by atoms with Crippen LogP contribution in [0.5, 0.6) is 0 Å². The Bertz CT molecular complexity index is 88.2. The van der Waals surface area contributed by atoms with Gasteiger partial charge in [-0.2, -0.15) is 0 Å². The van der Waals surface area contributed by atoms with E-state index in [1.807, 2.05) is 0 Å². The topological polar surface area (TPSA) is 49.7 Å². The van der Waals surface area contributed by atoms with E-state index in [9.17, 15) is 4.39 Å². The van der Waals surface area contributed by atoms with Gasteiger partial charge in [0.15, 0.2) is 12.5 Å². The molecule has 1 fully saturated rings. The third-order valence-electron chi connectivity index (χ3n) is 1.33. The minimum atomic E-state index is -1.33. The number of hydrogen-bond donors (Lipinski definition) is 2. The number of halogens is 1. The highest BCUT2D eigenvalue weighted by Gasteiger charge is 2.33. The Morgan fingerprint density at radius 3 is 2.56 bits per heavy atom. The van der Waals surface area contributed by atoms with Crippen LogP contribution in [0.4, 0.5) is 4.39 Å². The number of alkyl halides is 1. The summed E-state index contributed by atoms with van der Waals surface area (Å²) in [6, 6.07) is 0. The molecule has 54 valence electrons. The smallest absolute Gasteiger partial charge is 0.186 e. The lowest BCUT2D eigenvalue weighted by Crippen LogP contribution is -2.16. The minimum absolute atomic E-state index is 0.0949. The second-order valence-corrected chi connectivity index (χ2v) is 2.08. The van der Waals surface area contributed by atoms with Crippen molar-refractivity contribution in [3.63, 3.8) is 0 Å². The molecule has 1 aliphatic rings. The molecule has 0 aromatic carbocycles. The van der Waals surface area contributed by atoms with Crippen molar-refractivity contribution in [2.45, 2.75) is 25.0 Å². The molecule has 0 bridgehead atoms. The van der Waals surface area contributed by atoms with Gasteiger partial charge in [-0.25, -0.2) is 4.39 Å². The van der Waals surface area contributed by atoms with E-state index in [1.165, 1.54) is 0 Å². The van der Waals surface area contributed by atoms with Crippen LogP contribution in [0.1, 0.15) is 6.42 Å². The normalized spacial score (nSPS) is 43.7. The van der Waals surface area contributed by atoms with Gasteiger partial charge in [-0.15, -0.1) is 0 Å². The van der Waals surface area contributed by atoms with Crippen LogP contribution in [0, 0.1) is 0 Å². The Hall–Kier alpha value is -0.190. The number of aliphatic hydroxyl groups excluding tert-OH is 2. The minimum Gasteiger partial charge on any atom is -0.394 e. The molecule has 4 heteroatoms. The maximum Gasteiger partial charge on any atom is 0.186 e. The summed E-state index contributed by atoms with van der Waals surface area (Å²) in [6.45, 7) is -0.225. The van der Waals surface area contributed by atoms with Crippen LogP contribution in [0.3, 0.4) is 0 Å². The maximum absolute atomic E-state index is 12.3. The van der Waals surface area contributed by atoms with E-state index in [0.717, 1.165) is 0 Å². The average Bonchev–Trinajstić information content (AvgIpc) is 2.13. The largest absolute Gasteiger partial charge is 0.394 e. The van der Waals surface area contributed by atoms with Gasteiger partial charge < -0.3 is 14.9 Å². The third kappa shape index (κ3) is 1.38. The molecule has 0 radical (unpaired) electrons. The molecule has 0 spiro atoms. The van der Waals surface area contributed by atoms with Crippen LogP contribution >= 0.6 is 0 Å². The SMILES string of the molecule is OC[C@@H]1C[C@H](F)[C@@H](O)O1. The number of rotatable bonds is 1. The van der Waals surface area contributed by atoms with Crippen LogP contribution in [0.2, 0.25) is 0 Å². The summed E-state index contributed by atoms with van der Waals surface area (Å²) in [7, 11) is 0. The molecule has 3 atom stereocenters. The van der Waals surface area contributed by atoms with Crippen LogP contribution in [-0.2, 0) is 4.74 Å². The van der Waals surface area contributed by atoms with Gasteiger partial charge in [0, 0.05) is 6.42 Å². The van der Waals surface area contributed by atoms with Crippen molar-refractivity contribution in [1.29, 1.82) is 0 Å². The van der Waals surface area contributed by atoms with Gasteiger partial charge in [0.1, 0.15) is 0 Å². The summed E-state index contributed by atoms with van der Waals surface area (Å²) in [5.74, 6) is 0. The first kappa shape index (κ1) is 6.92. The van der Waals surface area contributed by atoms with Crippen LogP contribution < -0.4 is 0 Å². The van der Waals surface area contributed by atoms with E-state index >= 15 is 0 Å². The summed E-state index contributed by atoms with van der Waals surface area (Å²) in [5, 5.41) is 17.0. The Labute approximate surface area is 52.1 Å². The van der Waals surface area contributed by atoms with Crippen molar-refractivity contribution in [1.82, 2.24) is 0 Å². The first-order valence-electron chi connectivity index (χ1n) is 2.82. The number of aliphatic hydroxyl groups is 2. The van der Waals surface area contributed by atoms with Crippen molar-refractivity contribution >= 4 is 0 Å². The molecule has 1 rings (SSSR count). The lowest BCUT2D eigenvalue weighted by Gasteiger charge is -2.04. The van der Waals surface area contributed by atoms with E-state index in [0.29, 0.717) is 0 Å². The maximum atomic E-state index is 12.3. The lowest BCUT2D eigenvalue weighted by atomic mass is 10.2. The molecular weight excluding hydrogens is 127 g/mol. The zero-order valence-corrected chi connectivity index (χ0v) is 4.83. The van der Waals surface area contributed by atoms with Gasteiger partial charge in [0.05, 0.1) is 12.7 Å². The van der Waals surface area contributed by atoms with E-state index < -0.39 is 18.6 Å². The molecule has 9 heavy (non-hydrogen) atoms. The highest BCUT2D eigenvalue weighted by Crippen LogP contribution is 2.20. The van der Waals surface area contributed by atoms with E-state index in [4.69, 9.17) is 10.2 Å². The molecule has 0 aromatic rings. The van der Waals surface area contributed by atoms with Gasteiger partial charge in [0.2, 0.25) is 0 Å². The van der Waals surface area contributed by atoms with E-state index in [2.05, 4.69) is 4.74 Å². The van der Waals surface area contributed by atoms with Crippen molar-refractivity contribution < 1.29 is 19.3 Å². The summed E-state index contributed by atoms with van der Waals surface area (Å²) < 4.78 is 16.8. The molecule has 1 aliphatic heterocycles. The number of ether oxygens (including phenoxy) is 1. The highest BCUT2D eigenvalue weighted by molar-refractivity contribution is 4.74. The monoisotopic (exact) mass is 136 g/mol.